The number of rotatable bonds is 0. The van der Waals surface area contributed by atoms with Gasteiger partial charge in [-0.3, -0.25) is 0 Å². The molecule has 0 radical (unpaired) electrons. The number of nitrogens with one attached hydrogen (secondary N) is 1. The summed E-state index contributed by atoms with van der Waals surface area (Å²) in [6, 6.07) is 0.759. The van der Waals surface area contributed by atoms with Crippen LogP contribution in [0, 0.1) is 0 Å². The molecule has 1 atom stereocenters. The summed E-state index contributed by atoms with van der Waals surface area (Å²) in [4.78, 5) is 0. The Morgan fingerprint density at radius 1 is 1.50 bits per heavy atom. The molecule has 0 spiro atoms. The summed E-state index contributed by atoms with van der Waals surface area (Å²) in [5.74, 6) is 0. The van der Waals surface area contributed by atoms with Gasteiger partial charge in [0, 0.05) is 11.6 Å². The molecule has 1 aliphatic rings. The lowest BCUT2D eigenvalue weighted by molar-refractivity contribution is 0.189. The summed E-state index contributed by atoms with van der Waals surface area (Å²) >= 11 is 0. The minimum atomic E-state index is 0. The first-order valence-electron chi connectivity index (χ1n) is 2.88. The summed E-state index contributed by atoms with van der Waals surface area (Å²) in [5, 5.41) is 3.38. The van der Waals surface area contributed by atoms with Crippen molar-refractivity contribution in [1.29, 1.82) is 0 Å². The van der Waals surface area contributed by atoms with Crippen molar-refractivity contribution in [2.45, 2.75) is 38.8 Å². The maximum Gasteiger partial charge on any atom is 0.0142 e. The lowest BCUT2D eigenvalue weighted by Gasteiger charge is -2.42. The largest absolute Gasteiger partial charge is 0.309 e. The van der Waals surface area contributed by atoms with E-state index in [0.717, 1.165) is 6.04 Å². The molecule has 1 saturated heterocycles. The van der Waals surface area contributed by atoms with E-state index in [1.165, 1.54) is 6.42 Å². The molecule has 50 valence electrons. The molecule has 1 nitrogen and oxygen atoms in total. The molecule has 2 heteroatoms. The first kappa shape index (κ1) is 8.25. The fraction of sp³-hybridized carbons (Fsp3) is 1.00. The molecule has 0 saturated carbocycles. The summed E-state index contributed by atoms with van der Waals surface area (Å²) in [6.45, 7) is 6.67. The van der Waals surface area contributed by atoms with Gasteiger partial charge in [0.15, 0.2) is 0 Å². The minimum absolute atomic E-state index is 0. The zero-order chi connectivity index (χ0) is 5.49. The molecule has 0 aliphatic carbocycles. The van der Waals surface area contributed by atoms with E-state index in [1.54, 1.807) is 0 Å². The van der Waals surface area contributed by atoms with Gasteiger partial charge in [0.05, 0.1) is 0 Å². The normalized spacial score (nSPS) is 32.6. The Labute approximate surface area is 57.3 Å². The Kier molecular flexibility index (Phi) is 2.31. The van der Waals surface area contributed by atoms with Crippen molar-refractivity contribution in [2.24, 2.45) is 0 Å². The monoisotopic (exact) mass is 135 g/mol. The molecule has 0 aromatic carbocycles. The number of hydrogen-bond donors (Lipinski definition) is 1. The van der Waals surface area contributed by atoms with E-state index < -0.39 is 0 Å². The van der Waals surface area contributed by atoms with Gasteiger partial charge in [0.2, 0.25) is 0 Å². The average Bonchev–Trinajstić information content (AvgIpc) is 1.27. The first-order valence-corrected chi connectivity index (χ1v) is 2.88. The second-order valence-corrected chi connectivity index (χ2v) is 3.13. The second kappa shape index (κ2) is 2.24. The third-order valence-corrected chi connectivity index (χ3v) is 1.45. The number of halogens is 1. The van der Waals surface area contributed by atoms with E-state index in [2.05, 4.69) is 26.1 Å². The molecular formula is C6H14ClN. The fourth-order valence-electron chi connectivity index (χ4n) is 1.41. The van der Waals surface area contributed by atoms with Crippen LogP contribution in [-0.2, 0) is 0 Å². The molecule has 1 unspecified atom stereocenters. The van der Waals surface area contributed by atoms with E-state index in [0.29, 0.717) is 5.54 Å². The van der Waals surface area contributed by atoms with Gasteiger partial charge in [-0.2, -0.15) is 0 Å². The minimum Gasteiger partial charge on any atom is -0.309 e. The Morgan fingerprint density at radius 3 is 1.88 bits per heavy atom. The predicted octanol–water partition coefficient (Wildman–Crippen LogP) is 1.57. The molecule has 0 aromatic heterocycles. The van der Waals surface area contributed by atoms with Crippen LogP contribution in [0.15, 0.2) is 0 Å². The number of hydrogen-bond acceptors (Lipinski definition) is 1. The van der Waals surface area contributed by atoms with Crippen LogP contribution >= 0.6 is 12.4 Å². The Morgan fingerprint density at radius 2 is 1.88 bits per heavy atom. The molecule has 0 bridgehead atoms. The van der Waals surface area contributed by atoms with Crippen LogP contribution in [-0.4, -0.2) is 11.6 Å². The van der Waals surface area contributed by atoms with Gasteiger partial charge in [-0.05, 0) is 27.2 Å². The zero-order valence-electron chi connectivity index (χ0n) is 5.69. The highest BCUT2D eigenvalue weighted by Crippen LogP contribution is 2.21. The van der Waals surface area contributed by atoms with Crippen LogP contribution in [0.5, 0.6) is 0 Å². The third-order valence-electron chi connectivity index (χ3n) is 1.45. The van der Waals surface area contributed by atoms with Crippen molar-refractivity contribution in [3.05, 3.63) is 0 Å². The Hall–Kier alpha value is 0.250. The summed E-state index contributed by atoms with van der Waals surface area (Å²) < 4.78 is 0. The van der Waals surface area contributed by atoms with Crippen molar-refractivity contribution >= 4 is 12.4 Å². The maximum absolute atomic E-state index is 3.38. The van der Waals surface area contributed by atoms with Gasteiger partial charge in [-0.25, -0.2) is 0 Å². The van der Waals surface area contributed by atoms with Crippen LogP contribution in [0.1, 0.15) is 27.2 Å². The second-order valence-electron chi connectivity index (χ2n) is 3.13. The average molecular weight is 136 g/mol. The molecular weight excluding hydrogens is 122 g/mol. The SMILES string of the molecule is CC1CC(C)(C)N1.Cl. The van der Waals surface area contributed by atoms with Crippen LogP contribution in [0.25, 0.3) is 0 Å². The van der Waals surface area contributed by atoms with Gasteiger partial charge >= 0.3 is 0 Å². The van der Waals surface area contributed by atoms with Crippen molar-refractivity contribution in [3.8, 4) is 0 Å². The van der Waals surface area contributed by atoms with E-state index in [-0.39, 0.29) is 12.4 Å². The Balaban J connectivity index is 0.000000490. The fourth-order valence-corrected chi connectivity index (χ4v) is 1.41. The van der Waals surface area contributed by atoms with E-state index in [9.17, 15) is 0 Å². The van der Waals surface area contributed by atoms with Gasteiger partial charge in [-0.15, -0.1) is 12.4 Å². The summed E-state index contributed by atoms with van der Waals surface area (Å²) in [5.41, 5.74) is 0.444. The smallest absolute Gasteiger partial charge is 0.0142 e. The standard InChI is InChI=1S/C6H13N.ClH/c1-5-4-6(2,3)7-5;/h5,7H,4H2,1-3H3;1H. The molecule has 1 aliphatic heterocycles. The van der Waals surface area contributed by atoms with Crippen LogP contribution in [0.2, 0.25) is 0 Å². The van der Waals surface area contributed by atoms with Crippen molar-refractivity contribution in [2.75, 3.05) is 0 Å². The van der Waals surface area contributed by atoms with Gasteiger partial charge in [0.1, 0.15) is 0 Å². The summed E-state index contributed by atoms with van der Waals surface area (Å²) in [6.07, 6.45) is 1.33. The molecule has 1 fully saturated rings. The van der Waals surface area contributed by atoms with Crippen LogP contribution in [0.3, 0.4) is 0 Å². The maximum atomic E-state index is 3.38. The highest BCUT2D eigenvalue weighted by Gasteiger charge is 2.31. The highest BCUT2D eigenvalue weighted by atomic mass is 35.5. The van der Waals surface area contributed by atoms with Crippen molar-refractivity contribution in [1.82, 2.24) is 5.32 Å². The molecule has 8 heavy (non-hydrogen) atoms. The molecule has 1 N–H and O–H groups in total. The quantitative estimate of drug-likeness (QED) is 0.532. The van der Waals surface area contributed by atoms with Crippen molar-refractivity contribution in [3.63, 3.8) is 0 Å². The molecule has 1 heterocycles. The lowest BCUT2D eigenvalue weighted by Crippen LogP contribution is -2.58. The Bertz CT molecular complexity index is 72.6. The van der Waals surface area contributed by atoms with E-state index in [4.69, 9.17) is 0 Å². The van der Waals surface area contributed by atoms with E-state index >= 15 is 0 Å². The van der Waals surface area contributed by atoms with Crippen molar-refractivity contribution < 1.29 is 0 Å². The summed E-state index contributed by atoms with van der Waals surface area (Å²) in [7, 11) is 0. The van der Waals surface area contributed by atoms with Crippen LogP contribution in [0.4, 0.5) is 0 Å². The van der Waals surface area contributed by atoms with Gasteiger partial charge in [0.25, 0.3) is 0 Å². The molecule has 0 amide bonds. The highest BCUT2D eigenvalue weighted by molar-refractivity contribution is 5.85. The predicted molar refractivity (Wildman–Crippen MR) is 38.5 cm³/mol. The zero-order valence-corrected chi connectivity index (χ0v) is 6.51. The first-order chi connectivity index (χ1) is 3.10. The van der Waals surface area contributed by atoms with Crippen LogP contribution < -0.4 is 5.32 Å². The van der Waals surface area contributed by atoms with Gasteiger partial charge in [-0.1, -0.05) is 0 Å². The van der Waals surface area contributed by atoms with E-state index in [1.807, 2.05) is 0 Å². The molecule has 1 rings (SSSR count). The topological polar surface area (TPSA) is 12.0 Å². The third kappa shape index (κ3) is 1.64. The van der Waals surface area contributed by atoms with Gasteiger partial charge < -0.3 is 5.32 Å². The lowest BCUT2D eigenvalue weighted by atomic mass is 9.86. The molecule has 0 aromatic rings.